The number of cyclic esters (lactones) is 1. The van der Waals surface area contributed by atoms with Crippen molar-refractivity contribution in [3.63, 3.8) is 0 Å². The molecule has 0 N–H and O–H groups in total. The van der Waals surface area contributed by atoms with Gasteiger partial charge in [0.15, 0.2) is 0 Å². The molecule has 0 aromatic rings. The van der Waals surface area contributed by atoms with Crippen molar-refractivity contribution in [3.8, 4) is 0 Å². The van der Waals surface area contributed by atoms with Crippen LogP contribution in [0.1, 0.15) is 33.6 Å². The summed E-state index contributed by atoms with van der Waals surface area (Å²) in [6.45, 7) is 6.23. The van der Waals surface area contributed by atoms with E-state index in [4.69, 9.17) is 4.74 Å². The van der Waals surface area contributed by atoms with Gasteiger partial charge in [0.25, 0.3) is 0 Å². The van der Waals surface area contributed by atoms with E-state index in [2.05, 4.69) is 13.8 Å². The second kappa shape index (κ2) is 3.24. The average molecular weight is 156 g/mol. The van der Waals surface area contributed by atoms with Crippen LogP contribution in [-0.4, -0.2) is 12.1 Å². The van der Waals surface area contributed by atoms with Gasteiger partial charge < -0.3 is 4.74 Å². The SMILES string of the molecule is CC(C)CC1CC(C)OC1=O. The smallest absolute Gasteiger partial charge is 0.309 e. The fraction of sp³-hybridized carbons (Fsp3) is 0.889. The Bertz CT molecular complexity index is 152. The van der Waals surface area contributed by atoms with Crippen LogP contribution in [0.2, 0.25) is 0 Å². The first-order valence-electron chi connectivity index (χ1n) is 4.30. The predicted octanol–water partition coefficient (Wildman–Crippen LogP) is 1.98. The minimum Gasteiger partial charge on any atom is -0.462 e. The largest absolute Gasteiger partial charge is 0.462 e. The zero-order valence-corrected chi connectivity index (χ0v) is 7.46. The first-order chi connectivity index (χ1) is 5.09. The maximum absolute atomic E-state index is 11.1. The molecule has 1 aliphatic rings. The standard InChI is InChI=1S/C9H16O2/c1-6(2)4-8-5-7(3)11-9(8)10/h6-8H,4-5H2,1-3H3. The maximum Gasteiger partial charge on any atom is 0.309 e. The molecule has 64 valence electrons. The van der Waals surface area contributed by atoms with E-state index in [1.165, 1.54) is 0 Å². The molecule has 0 radical (unpaired) electrons. The monoisotopic (exact) mass is 156 g/mol. The third kappa shape index (κ3) is 2.21. The lowest BCUT2D eigenvalue weighted by Crippen LogP contribution is -2.09. The van der Waals surface area contributed by atoms with E-state index in [-0.39, 0.29) is 18.0 Å². The Labute approximate surface area is 67.9 Å². The topological polar surface area (TPSA) is 26.3 Å². The van der Waals surface area contributed by atoms with Crippen LogP contribution < -0.4 is 0 Å². The second-order valence-electron chi connectivity index (χ2n) is 3.81. The summed E-state index contributed by atoms with van der Waals surface area (Å²) in [7, 11) is 0. The van der Waals surface area contributed by atoms with Gasteiger partial charge in [0, 0.05) is 0 Å². The average Bonchev–Trinajstić information content (AvgIpc) is 2.09. The number of ether oxygens (including phenoxy) is 1. The maximum atomic E-state index is 11.1. The molecule has 0 aliphatic carbocycles. The zero-order chi connectivity index (χ0) is 8.43. The van der Waals surface area contributed by atoms with Crippen molar-refractivity contribution in [1.82, 2.24) is 0 Å². The molecule has 0 bridgehead atoms. The quantitative estimate of drug-likeness (QED) is 0.571. The van der Waals surface area contributed by atoms with E-state index < -0.39 is 0 Å². The minimum atomic E-state index is 0.00574. The van der Waals surface area contributed by atoms with Crippen LogP contribution in [0.4, 0.5) is 0 Å². The van der Waals surface area contributed by atoms with Crippen LogP contribution in [0.15, 0.2) is 0 Å². The molecular formula is C9H16O2. The van der Waals surface area contributed by atoms with E-state index in [9.17, 15) is 4.79 Å². The zero-order valence-electron chi connectivity index (χ0n) is 7.46. The van der Waals surface area contributed by atoms with Crippen molar-refractivity contribution >= 4 is 5.97 Å². The highest BCUT2D eigenvalue weighted by Crippen LogP contribution is 2.26. The Morgan fingerprint density at radius 2 is 2.27 bits per heavy atom. The highest BCUT2D eigenvalue weighted by Gasteiger charge is 2.31. The third-order valence-electron chi connectivity index (χ3n) is 2.02. The van der Waals surface area contributed by atoms with E-state index in [1.54, 1.807) is 0 Å². The van der Waals surface area contributed by atoms with Crippen LogP contribution >= 0.6 is 0 Å². The number of esters is 1. The van der Waals surface area contributed by atoms with Crippen molar-refractivity contribution in [2.45, 2.75) is 39.7 Å². The van der Waals surface area contributed by atoms with Gasteiger partial charge >= 0.3 is 5.97 Å². The molecule has 0 amide bonds. The van der Waals surface area contributed by atoms with Crippen molar-refractivity contribution in [3.05, 3.63) is 0 Å². The van der Waals surface area contributed by atoms with Crippen LogP contribution in [0.5, 0.6) is 0 Å². The summed E-state index contributed by atoms with van der Waals surface area (Å²) in [6.07, 6.45) is 2.03. The van der Waals surface area contributed by atoms with Gasteiger partial charge in [0.1, 0.15) is 0 Å². The molecule has 2 atom stereocenters. The lowest BCUT2D eigenvalue weighted by molar-refractivity contribution is -0.144. The van der Waals surface area contributed by atoms with E-state index in [0.717, 1.165) is 12.8 Å². The molecule has 2 heteroatoms. The summed E-state index contributed by atoms with van der Waals surface area (Å²) in [5.74, 6) is 0.772. The van der Waals surface area contributed by atoms with Crippen molar-refractivity contribution in [2.75, 3.05) is 0 Å². The molecule has 2 nitrogen and oxygen atoms in total. The van der Waals surface area contributed by atoms with Crippen LogP contribution in [0.3, 0.4) is 0 Å². The molecule has 2 unspecified atom stereocenters. The Hall–Kier alpha value is -0.530. The van der Waals surface area contributed by atoms with E-state index in [0.29, 0.717) is 5.92 Å². The molecule has 1 heterocycles. The van der Waals surface area contributed by atoms with Crippen molar-refractivity contribution < 1.29 is 9.53 Å². The number of hydrogen-bond donors (Lipinski definition) is 0. The lowest BCUT2D eigenvalue weighted by atomic mass is 9.95. The third-order valence-corrected chi connectivity index (χ3v) is 2.02. The molecular weight excluding hydrogens is 140 g/mol. The summed E-state index contributed by atoms with van der Waals surface area (Å²) in [5, 5.41) is 0. The Morgan fingerprint density at radius 1 is 1.64 bits per heavy atom. The van der Waals surface area contributed by atoms with Crippen molar-refractivity contribution in [1.29, 1.82) is 0 Å². The molecule has 0 saturated carbocycles. The lowest BCUT2D eigenvalue weighted by Gasteiger charge is -2.07. The number of rotatable bonds is 2. The minimum absolute atomic E-state index is 0.00574. The molecule has 1 aliphatic heterocycles. The number of carbonyl (C=O) groups excluding carboxylic acids is 1. The molecule has 11 heavy (non-hydrogen) atoms. The van der Waals surface area contributed by atoms with Gasteiger partial charge in [-0.2, -0.15) is 0 Å². The van der Waals surface area contributed by atoms with Gasteiger partial charge in [-0.25, -0.2) is 0 Å². The van der Waals surface area contributed by atoms with Gasteiger partial charge in [0.2, 0.25) is 0 Å². The first-order valence-corrected chi connectivity index (χ1v) is 4.30. The molecule has 0 aromatic heterocycles. The number of carbonyl (C=O) groups is 1. The Balaban J connectivity index is 2.41. The van der Waals surface area contributed by atoms with Gasteiger partial charge in [-0.1, -0.05) is 13.8 Å². The van der Waals surface area contributed by atoms with Crippen LogP contribution in [-0.2, 0) is 9.53 Å². The van der Waals surface area contributed by atoms with Gasteiger partial charge in [-0.15, -0.1) is 0 Å². The fourth-order valence-corrected chi connectivity index (χ4v) is 1.60. The predicted molar refractivity (Wildman–Crippen MR) is 43.1 cm³/mol. The molecule has 0 aromatic carbocycles. The summed E-state index contributed by atoms with van der Waals surface area (Å²) < 4.78 is 5.04. The summed E-state index contributed by atoms with van der Waals surface area (Å²) in [4.78, 5) is 11.1. The van der Waals surface area contributed by atoms with Gasteiger partial charge in [0.05, 0.1) is 12.0 Å². The summed E-state index contributed by atoms with van der Waals surface area (Å²) in [5.41, 5.74) is 0. The van der Waals surface area contributed by atoms with Crippen molar-refractivity contribution in [2.24, 2.45) is 11.8 Å². The summed E-state index contributed by atoms with van der Waals surface area (Å²) >= 11 is 0. The molecule has 1 saturated heterocycles. The van der Waals surface area contributed by atoms with Gasteiger partial charge in [-0.05, 0) is 25.7 Å². The highest BCUT2D eigenvalue weighted by molar-refractivity contribution is 5.74. The van der Waals surface area contributed by atoms with E-state index in [1.807, 2.05) is 6.92 Å². The van der Waals surface area contributed by atoms with E-state index >= 15 is 0 Å². The fourth-order valence-electron chi connectivity index (χ4n) is 1.60. The van der Waals surface area contributed by atoms with Crippen LogP contribution in [0, 0.1) is 11.8 Å². The normalized spacial score (nSPS) is 31.1. The Morgan fingerprint density at radius 3 is 2.64 bits per heavy atom. The van der Waals surface area contributed by atoms with Gasteiger partial charge in [-0.3, -0.25) is 4.79 Å². The first kappa shape index (κ1) is 8.57. The molecule has 1 rings (SSSR count). The number of hydrogen-bond acceptors (Lipinski definition) is 2. The second-order valence-corrected chi connectivity index (χ2v) is 3.81. The van der Waals surface area contributed by atoms with Crippen LogP contribution in [0.25, 0.3) is 0 Å². The molecule has 1 fully saturated rings. The summed E-state index contributed by atoms with van der Waals surface area (Å²) in [6, 6.07) is 0. The highest BCUT2D eigenvalue weighted by atomic mass is 16.5. The molecule has 0 spiro atoms. The Kier molecular flexibility index (Phi) is 2.53.